The summed E-state index contributed by atoms with van der Waals surface area (Å²) < 4.78 is 0. The Balaban J connectivity index is 2.23. The van der Waals surface area contributed by atoms with E-state index in [2.05, 4.69) is 66.3 Å². The fourth-order valence-corrected chi connectivity index (χ4v) is 3.47. The number of rotatable bonds is 7. The Labute approximate surface area is 143 Å². The molecule has 0 aliphatic rings. The Morgan fingerprint density at radius 3 is 2.30 bits per heavy atom. The number of hydrogen-bond donors (Lipinski definition) is 2. The minimum absolute atomic E-state index is 0.0906. The first-order valence-electron chi connectivity index (χ1n) is 8.28. The molecule has 0 aliphatic heterocycles. The zero-order valence-corrected chi connectivity index (χ0v) is 15.2. The predicted octanol–water partition coefficient (Wildman–Crippen LogP) is 3.05. The van der Waals surface area contributed by atoms with Crippen LogP contribution in [0.25, 0.3) is 0 Å². The molecule has 1 aromatic heterocycles. The van der Waals surface area contributed by atoms with Crippen molar-refractivity contribution in [3.05, 3.63) is 57.8 Å². The molecule has 0 fully saturated rings. The summed E-state index contributed by atoms with van der Waals surface area (Å²) in [6.45, 7) is 8.99. The minimum atomic E-state index is -0.119. The third-order valence-corrected chi connectivity index (χ3v) is 5.01. The number of hydrogen-bond acceptors (Lipinski definition) is 2. The van der Waals surface area contributed by atoms with Gasteiger partial charge in [-0.3, -0.25) is 4.79 Å². The molecular formula is C19H27N2OS+. The molecule has 0 saturated heterocycles. The van der Waals surface area contributed by atoms with Gasteiger partial charge in [-0.25, -0.2) is 0 Å². The van der Waals surface area contributed by atoms with Crippen molar-refractivity contribution in [1.29, 1.82) is 0 Å². The predicted molar refractivity (Wildman–Crippen MR) is 96.8 cm³/mol. The molecule has 124 valence electrons. The van der Waals surface area contributed by atoms with E-state index in [1.807, 2.05) is 13.8 Å². The van der Waals surface area contributed by atoms with Crippen molar-refractivity contribution in [2.75, 3.05) is 6.54 Å². The first kappa shape index (κ1) is 17.7. The smallest absolute Gasteiger partial charge is 0.277 e. The molecule has 0 radical (unpaired) electrons. The maximum atomic E-state index is 12.1. The van der Waals surface area contributed by atoms with Crippen molar-refractivity contribution in [2.45, 2.75) is 45.7 Å². The first-order valence-corrected chi connectivity index (χ1v) is 9.16. The Kier molecular flexibility index (Phi) is 6.37. The highest BCUT2D eigenvalue weighted by Crippen LogP contribution is 2.24. The Morgan fingerprint density at radius 2 is 1.78 bits per heavy atom. The number of amides is 1. The van der Waals surface area contributed by atoms with Gasteiger partial charge in [-0.2, -0.15) is 0 Å². The monoisotopic (exact) mass is 331 g/mol. The van der Waals surface area contributed by atoms with Gasteiger partial charge in [0.15, 0.2) is 6.04 Å². The summed E-state index contributed by atoms with van der Waals surface area (Å²) in [5, 5.41) is 7.15. The Bertz CT molecular complexity index is 605. The van der Waals surface area contributed by atoms with E-state index in [1.165, 1.54) is 16.0 Å². The number of carbonyl (C=O) groups is 1. The first-order chi connectivity index (χ1) is 11.0. The molecule has 0 bridgehead atoms. The fraction of sp³-hybridized carbons (Fsp3) is 0.421. The van der Waals surface area contributed by atoms with Crippen LogP contribution in [0.1, 0.15) is 55.7 Å². The van der Waals surface area contributed by atoms with Crippen LogP contribution in [0.5, 0.6) is 0 Å². The van der Waals surface area contributed by atoms with E-state index in [0.717, 1.165) is 0 Å². The number of benzene rings is 1. The summed E-state index contributed by atoms with van der Waals surface area (Å²) in [6, 6.07) is 13.0. The van der Waals surface area contributed by atoms with Crippen LogP contribution in [0.4, 0.5) is 0 Å². The van der Waals surface area contributed by atoms with Crippen LogP contribution >= 0.6 is 11.3 Å². The third kappa shape index (κ3) is 4.66. The van der Waals surface area contributed by atoms with Crippen LogP contribution < -0.4 is 10.6 Å². The van der Waals surface area contributed by atoms with Crippen LogP contribution in [0, 0.1) is 0 Å². The van der Waals surface area contributed by atoms with Crippen molar-refractivity contribution in [3.8, 4) is 0 Å². The Hall–Kier alpha value is -1.65. The largest absolute Gasteiger partial charge is 0.351 e. The number of likely N-dealkylation sites (N-methyl/N-ethyl adjacent to an activating group) is 1. The molecule has 4 heteroatoms. The summed E-state index contributed by atoms with van der Waals surface area (Å²) in [7, 11) is 0. The molecule has 3 N–H and O–H groups in total. The van der Waals surface area contributed by atoms with E-state index >= 15 is 0 Å². The molecule has 1 amide bonds. The van der Waals surface area contributed by atoms with Crippen LogP contribution in [-0.2, 0) is 4.79 Å². The number of quaternary nitrogens is 1. The summed E-state index contributed by atoms with van der Waals surface area (Å²) in [6.07, 6.45) is 0. The lowest BCUT2D eigenvalue weighted by molar-refractivity contribution is -0.704. The standard InChI is InChI=1S/C19H26N2OS/c1-5-20-19(22)14(4)21-18(17-7-6-12-23-17)16-10-8-15(9-11-16)13(2)3/h6-14,18,21H,5H2,1-4H3,(H,20,22)/p+1/t14-,18-/m1/s1. The van der Waals surface area contributed by atoms with Gasteiger partial charge in [0.2, 0.25) is 0 Å². The van der Waals surface area contributed by atoms with Gasteiger partial charge in [-0.05, 0) is 36.8 Å². The van der Waals surface area contributed by atoms with Crippen molar-refractivity contribution in [2.24, 2.45) is 0 Å². The number of carbonyl (C=O) groups excluding carboxylic acids is 1. The summed E-state index contributed by atoms with van der Waals surface area (Å²) >= 11 is 1.74. The average Bonchev–Trinajstić information content (AvgIpc) is 3.06. The molecule has 2 rings (SSSR count). The van der Waals surface area contributed by atoms with E-state index in [1.54, 1.807) is 11.3 Å². The molecule has 0 aliphatic carbocycles. The summed E-state index contributed by atoms with van der Waals surface area (Å²) in [5.74, 6) is 0.621. The quantitative estimate of drug-likeness (QED) is 0.805. The topological polar surface area (TPSA) is 45.7 Å². The van der Waals surface area contributed by atoms with Crippen LogP contribution in [0.3, 0.4) is 0 Å². The maximum absolute atomic E-state index is 12.1. The lowest BCUT2D eigenvalue weighted by atomic mass is 9.98. The van der Waals surface area contributed by atoms with E-state index in [4.69, 9.17) is 0 Å². The molecule has 2 atom stereocenters. The second-order valence-electron chi connectivity index (χ2n) is 6.19. The van der Waals surface area contributed by atoms with Gasteiger partial charge in [0.05, 0.1) is 4.88 Å². The van der Waals surface area contributed by atoms with E-state index in [-0.39, 0.29) is 18.0 Å². The number of nitrogens with two attached hydrogens (primary N) is 1. The number of thiophene rings is 1. The van der Waals surface area contributed by atoms with Crippen molar-refractivity contribution >= 4 is 17.2 Å². The van der Waals surface area contributed by atoms with Crippen LogP contribution in [-0.4, -0.2) is 18.5 Å². The lowest BCUT2D eigenvalue weighted by Gasteiger charge is -2.19. The zero-order chi connectivity index (χ0) is 16.8. The highest BCUT2D eigenvalue weighted by molar-refractivity contribution is 7.10. The molecule has 1 heterocycles. The molecule has 2 aromatic rings. The summed E-state index contributed by atoms with van der Waals surface area (Å²) in [5.41, 5.74) is 2.59. The fourth-order valence-electron chi connectivity index (χ4n) is 2.64. The van der Waals surface area contributed by atoms with Gasteiger partial charge >= 0.3 is 0 Å². The van der Waals surface area contributed by atoms with Crippen molar-refractivity contribution in [3.63, 3.8) is 0 Å². The molecule has 0 spiro atoms. The highest BCUT2D eigenvalue weighted by Gasteiger charge is 2.25. The average molecular weight is 332 g/mol. The summed E-state index contributed by atoms with van der Waals surface area (Å²) in [4.78, 5) is 13.4. The SMILES string of the molecule is CCNC(=O)[C@@H](C)[NH2+][C@H](c1ccc(C(C)C)cc1)c1cccs1. The number of nitrogens with one attached hydrogen (secondary N) is 1. The van der Waals surface area contributed by atoms with Gasteiger partial charge < -0.3 is 10.6 Å². The lowest BCUT2D eigenvalue weighted by Crippen LogP contribution is -2.92. The third-order valence-electron chi connectivity index (χ3n) is 4.06. The zero-order valence-electron chi connectivity index (χ0n) is 14.4. The molecule has 3 nitrogen and oxygen atoms in total. The minimum Gasteiger partial charge on any atom is -0.351 e. The van der Waals surface area contributed by atoms with Crippen molar-refractivity contribution < 1.29 is 10.1 Å². The Morgan fingerprint density at radius 1 is 1.13 bits per heavy atom. The molecule has 1 aromatic carbocycles. The van der Waals surface area contributed by atoms with Gasteiger partial charge in [-0.1, -0.05) is 44.2 Å². The highest BCUT2D eigenvalue weighted by atomic mass is 32.1. The van der Waals surface area contributed by atoms with Crippen LogP contribution in [0.15, 0.2) is 41.8 Å². The second-order valence-corrected chi connectivity index (χ2v) is 7.17. The molecular weight excluding hydrogens is 304 g/mol. The van der Waals surface area contributed by atoms with E-state index in [0.29, 0.717) is 12.5 Å². The molecule has 0 unspecified atom stereocenters. The van der Waals surface area contributed by atoms with E-state index in [9.17, 15) is 4.79 Å². The molecule has 0 saturated carbocycles. The van der Waals surface area contributed by atoms with E-state index < -0.39 is 0 Å². The van der Waals surface area contributed by atoms with Gasteiger partial charge in [-0.15, -0.1) is 11.3 Å². The second kappa shape index (κ2) is 8.27. The van der Waals surface area contributed by atoms with Gasteiger partial charge in [0, 0.05) is 12.1 Å². The van der Waals surface area contributed by atoms with Gasteiger partial charge in [0.1, 0.15) is 6.04 Å². The van der Waals surface area contributed by atoms with Gasteiger partial charge in [0.25, 0.3) is 5.91 Å². The maximum Gasteiger partial charge on any atom is 0.277 e. The van der Waals surface area contributed by atoms with Crippen molar-refractivity contribution in [1.82, 2.24) is 5.32 Å². The molecule has 23 heavy (non-hydrogen) atoms. The normalized spacial score (nSPS) is 13.8. The van der Waals surface area contributed by atoms with Crippen LogP contribution in [0.2, 0.25) is 0 Å².